The van der Waals surface area contributed by atoms with Crippen LogP contribution in [0.2, 0.25) is 0 Å². The lowest BCUT2D eigenvalue weighted by molar-refractivity contribution is -0.384. The Morgan fingerprint density at radius 2 is 2.15 bits per heavy atom. The summed E-state index contributed by atoms with van der Waals surface area (Å²) >= 11 is 0. The van der Waals surface area contributed by atoms with Crippen LogP contribution < -0.4 is 5.32 Å². The van der Waals surface area contributed by atoms with Crippen LogP contribution in [0.1, 0.15) is 43.1 Å². The number of hydrogen-bond donors (Lipinski definition) is 2. The lowest BCUT2D eigenvalue weighted by atomic mass is 9.86. The molecule has 0 amide bonds. The van der Waals surface area contributed by atoms with Crippen molar-refractivity contribution < 1.29 is 14.8 Å². The first-order valence-electron chi connectivity index (χ1n) is 6.64. The van der Waals surface area contributed by atoms with Gasteiger partial charge in [0.1, 0.15) is 0 Å². The van der Waals surface area contributed by atoms with Crippen LogP contribution >= 0.6 is 0 Å². The van der Waals surface area contributed by atoms with Crippen molar-refractivity contribution in [2.75, 3.05) is 5.32 Å². The van der Waals surface area contributed by atoms with Crippen molar-refractivity contribution in [3.63, 3.8) is 0 Å². The number of nitrogens with zero attached hydrogens (tertiary/aromatic N) is 2. The normalized spacial score (nSPS) is 22.2. The van der Waals surface area contributed by atoms with E-state index in [1.807, 2.05) is 0 Å². The summed E-state index contributed by atoms with van der Waals surface area (Å²) in [4.78, 5) is 25.3. The van der Waals surface area contributed by atoms with Crippen molar-refractivity contribution in [1.82, 2.24) is 4.98 Å². The molecule has 7 heteroatoms. The van der Waals surface area contributed by atoms with Crippen molar-refractivity contribution in [2.24, 2.45) is 5.92 Å². The molecule has 2 rings (SSSR count). The van der Waals surface area contributed by atoms with E-state index in [1.54, 1.807) is 0 Å². The third kappa shape index (κ3) is 3.04. The van der Waals surface area contributed by atoms with Gasteiger partial charge in [0.15, 0.2) is 5.69 Å². The molecule has 1 aromatic heterocycles. The largest absolute Gasteiger partial charge is 0.477 e. The van der Waals surface area contributed by atoms with Gasteiger partial charge in [-0.2, -0.15) is 0 Å². The number of carboxylic acid groups (broad SMARTS) is 1. The molecule has 0 aliphatic heterocycles. The Labute approximate surface area is 116 Å². The Morgan fingerprint density at radius 1 is 1.45 bits per heavy atom. The molecule has 0 radical (unpaired) electrons. The Kier molecular flexibility index (Phi) is 4.16. The minimum Gasteiger partial charge on any atom is -0.477 e. The van der Waals surface area contributed by atoms with Crippen LogP contribution in [-0.4, -0.2) is 27.0 Å². The smallest absolute Gasteiger partial charge is 0.354 e. The van der Waals surface area contributed by atoms with Gasteiger partial charge in [-0.3, -0.25) is 10.1 Å². The minimum absolute atomic E-state index is 0.0497. The van der Waals surface area contributed by atoms with Gasteiger partial charge in [0.25, 0.3) is 0 Å². The SMILES string of the molecule is CC1CCCCC1Nc1nc(C(=O)O)ccc1[N+](=O)[O-]. The molecule has 1 aromatic rings. The molecule has 20 heavy (non-hydrogen) atoms. The summed E-state index contributed by atoms with van der Waals surface area (Å²) in [5, 5.41) is 23.0. The number of aromatic carboxylic acids is 1. The van der Waals surface area contributed by atoms with Gasteiger partial charge in [-0.25, -0.2) is 9.78 Å². The molecule has 108 valence electrons. The van der Waals surface area contributed by atoms with Gasteiger partial charge >= 0.3 is 11.7 Å². The zero-order valence-corrected chi connectivity index (χ0v) is 11.2. The van der Waals surface area contributed by atoms with E-state index < -0.39 is 10.9 Å². The van der Waals surface area contributed by atoms with Crippen molar-refractivity contribution in [1.29, 1.82) is 0 Å². The highest BCUT2D eigenvalue weighted by Crippen LogP contribution is 2.29. The van der Waals surface area contributed by atoms with Gasteiger partial charge in [0.2, 0.25) is 5.82 Å². The minimum atomic E-state index is -1.19. The van der Waals surface area contributed by atoms with Crippen LogP contribution in [0.3, 0.4) is 0 Å². The van der Waals surface area contributed by atoms with Crippen LogP contribution in [-0.2, 0) is 0 Å². The summed E-state index contributed by atoms with van der Waals surface area (Å²) < 4.78 is 0. The average Bonchev–Trinajstić information content (AvgIpc) is 2.41. The topological polar surface area (TPSA) is 105 Å². The number of carboxylic acids is 1. The van der Waals surface area contributed by atoms with Crippen molar-refractivity contribution >= 4 is 17.5 Å². The number of aromatic nitrogens is 1. The van der Waals surface area contributed by atoms with Crippen LogP contribution in [0.15, 0.2) is 12.1 Å². The maximum absolute atomic E-state index is 11.0. The van der Waals surface area contributed by atoms with Crippen molar-refractivity contribution in [2.45, 2.75) is 38.6 Å². The second-order valence-electron chi connectivity index (χ2n) is 5.14. The predicted octanol–water partition coefficient (Wildman–Crippen LogP) is 2.68. The fourth-order valence-electron chi connectivity index (χ4n) is 2.53. The molecule has 1 saturated carbocycles. The Bertz CT molecular complexity index is 532. The molecule has 2 atom stereocenters. The van der Waals surface area contributed by atoms with Gasteiger partial charge < -0.3 is 10.4 Å². The molecular weight excluding hydrogens is 262 g/mol. The highest BCUT2D eigenvalue weighted by molar-refractivity contribution is 5.86. The summed E-state index contributed by atoms with van der Waals surface area (Å²) in [6.07, 6.45) is 4.19. The van der Waals surface area contributed by atoms with Gasteiger partial charge in [-0.15, -0.1) is 0 Å². The molecule has 2 N–H and O–H groups in total. The number of carbonyl (C=O) groups is 1. The molecule has 2 unspecified atom stereocenters. The molecule has 1 fully saturated rings. The Morgan fingerprint density at radius 3 is 2.75 bits per heavy atom. The molecule has 0 saturated heterocycles. The van der Waals surface area contributed by atoms with E-state index >= 15 is 0 Å². The molecule has 1 aliphatic carbocycles. The average molecular weight is 279 g/mol. The first-order valence-corrected chi connectivity index (χ1v) is 6.64. The lowest BCUT2D eigenvalue weighted by Crippen LogP contribution is -2.31. The highest BCUT2D eigenvalue weighted by Gasteiger charge is 2.25. The zero-order chi connectivity index (χ0) is 14.7. The monoisotopic (exact) mass is 279 g/mol. The first-order chi connectivity index (χ1) is 9.49. The summed E-state index contributed by atoms with van der Waals surface area (Å²) in [7, 11) is 0. The number of nitrogens with one attached hydrogen (secondary N) is 1. The second kappa shape index (κ2) is 5.85. The third-order valence-corrected chi connectivity index (χ3v) is 3.72. The third-order valence-electron chi connectivity index (χ3n) is 3.72. The standard InChI is InChI=1S/C13H17N3O4/c1-8-4-2-3-5-9(8)14-12-11(16(19)20)7-6-10(15-12)13(17)18/h6-9H,2-5H2,1H3,(H,14,15)(H,17,18). The van der Waals surface area contributed by atoms with Crippen LogP contribution in [0.4, 0.5) is 11.5 Å². The number of nitro groups is 1. The Hall–Kier alpha value is -2.18. The van der Waals surface area contributed by atoms with E-state index in [1.165, 1.54) is 6.07 Å². The number of anilines is 1. The maximum Gasteiger partial charge on any atom is 0.354 e. The molecule has 1 aliphatic rings. The van der Waals surface area contributed by atoms with Crippen molar-refractivity contribution in [3.8, 4) is 0 Å². The molecule has 0 bridgehead atoms. The first kappa shape index (κ1) is 14.2. The molecule has 0 spiro atoms. The van der Waals surface area contributed by atoms with E-state index in [2.05, 4.69) is 17.2 Å². The number of pyridine rings is 1. The highest BCUT2D eigenvalue weighted by atomic mass is 16.6. The molecule has 7 nitrogen and oxygen atoms in total. The van der Waals surface area contributed by atoms with Crippen LogP contribution in [0, 0.1) is 16.0 Å². The molecule has 1 heterocycles. The second-order valence-corrected chi connectivity index (χ2v) is 5.14. The molecular formula is C13H17N3O4. The van der Waals surface area contributed by atoms with E-state index in [4.69, 9.17) is 5.11 Å². The summed E-state index contributed by atoms with van der Waals surface area (Å²) in [5.41, 5.74) is -0.380. The fourth-order valence-corrected chi connectivity index (χ4v) is 2.53. The predicted molar refractivity (Wildman–Crippen MR) is 72.9 cm³/mol. The van der Waals surface area contributed by atoms with E-state index in [9.17, 15) is 14.9 Å². The van der Waals surface area contributed by atoms with Gasteiger partial charge in [-0.1, -0.05) is 19.8 Å². The quantitative estimate of drug-likeness (QED) is 0.648. The fraction of sp³-hybridized carbons (Fsp3) is 0.538. The lowest BCUT2D eigenvalue weighted by Gasteiger charge is -2.29. The van der Waals surface area contributed by atoms with Crippen LogP contribution in [0.25, 0.3) is 0 Å². The van der Waals surface area contributed by atoms with E-state index in [0.717, 1.165) is 31.7 Å². The Balaban J connectivity index is 2.29. The van der Waals surface area contributed by atoms with Gasteiger partial charge in [0.05, 0.1) is 4.92 Å². The van der Waals surface area contributed by atoms with E-state index in [0.29, 0.717) is 5.92 Å². The zero-order valence-electron chi connectivity index (χ0n) is 11.2. The summed E-state index contributed by atoms with van der Waals surface area (Å²) in [6.45, 7) is 2.09. The van der Waals surface area contributed by atoms with Gasteiger partial charge in [0, 0.05) is 12.1 Å². The number of rotatable bonds is 4. The van der Waals surface area contributed by atoms with Gasteiger partial charge in [-0.05, 0) is 24.8 Å². The molecule has 0 aromatic carbocycles. The number of hydrogen-bond acceptors (Lipinski definition) is 5. The summed E-state index contributed by atoms with van der Waals surface area (Å²) in [6, 6.07) is 2.43. The van der Waals surface area contributed by atoms with Crippen LogP contribution in [0.5, 0.6) is 0 Å². The van der Waals surface area contributed by atoms with Crippen molar-refractivity contribution in [3.05, 3.63) is 27.9 Å². The maximum atomic E-state index is 11.0. The summed E-state index contributed by atoms with van der Waals surface area (Å²) in [5.74, 6) is -0.757. The van der Waals surface area contributed by atoms with E-state index in [-0.39, 0.29) is 23.2 Å².